The zero-order valence-electron chi connectivity index (χ0n) is 12.2. The smallest absolute Gasteiger partial charge is 0.255 e. The van der Waals surface area contributed by atoms with Gasteiger partial charge in [0, 0.05) is 42.6 Å². The predicted molar refractivity (Wildman–Crippen MR) is 83.8 cm³/mol. The molecule has 2 aliphatic heterocycles. The molecule has 2 amide bonds. The van der Waals surface area contributed by atoms with E-state index < -0.39 is 5.66 Å². The highest BCUT2D eigenvalue weighted by Crippen LogP contribution is 2.35. The van der Waals surface area contributed by atoms with Gasteiger partial charge in [0.25, 0.3) is 5.91 Å². The summed E-state index contributed by atoms with van der Waals surface area (Å²) in [7, 11) is 0. The third-order valence-electron chi connectivity index (χ3n) is 4.81. The summed E-state index contributed by atoms with van der Waals surface area (Å²) in [5.41, 5.74) is 0.947. The standard InChI is InChI=1S/C16H18ClN3O2/c17-11-3-4-13-12(9-11)14(21)19-16(18-13)5-7-20(8-6-16)15(22)10-1-2-10/h3-4,9-10,18H,1-2,5-8H2,(H,19,21). The highest BCUT2D eigenvalue weighted by molar-refractivity contribution is 6.31. The number of nitrogens with zero attached hydrogens (tertiary/aromatic N) is 1. The second-order valence-electron chi connectivity index (χ2n) is 6.45. The van der Waals surface area contributed by atoms with Crippen molar-refractivity contribution in [3.63, 3.8) is 0 Å². The summed E-state index contributed by atoms with van der Waals surface area (Å²) in [6.07, 6.45) is 3.51. The van der Waals surface area contributed by atoms with Crippen molar-refractivity contribution in [3.8, 4) is 0 Å². The number of likely N-dealkylation sites (tertiary alicyclic amines) is 1. The molecule has 5 nitrogen and oxygen atoms in total. The van der Waals surface area contributed by atoms with Crippen molar-refractivity contribution in [1.29, 1.82) is 0 Å². The monoisotopic (exact) mass is 319 g/mol. The summed E-state index contributed by atoms with van der Waals surface area (Å²) in [6, 6.07) is 5.31. The van der Waals surface area contributed by atoms with Gasteiger partial charge in [-0.1, -0.05) is 11.6 Å². The molecule has 22 heavy (non-hydrogen) atoms. The van der Waals surface area contributed by atoms with Crippen molar-refractivity contribution in [2.24, 2.45) is 5.92 Å². The lowest BCUT2D eigenvalue weighted by molar-refractivity contribution is -0.134. The Labute approximate surface area is 134 Å². The number of halogens is 1. The van der Waals surface area contributed by atoms with Gasteiger partial charge in [-0.15, -0.1) is 0 Å². The molecule has 2 heterocycles. The van der Waals surface area contributed by atoms with E-state index in [0.29, 0.717) is 23.7 Å². The van der Waals surface area contributed by atoms with Gasteiger partial charge in [0.1, 0.15) is 5.66 Å². The van der Waals surface area contributed by atoms with Crippen LogP contribution in [0.25, 0.3) is 0 Å². The van der Waals surface area contributed by atoms with Crippen molar-refractivity contribution < 1.29 is 9.59 Å². The number of piperidine rings is 1. The van der Waals surface area contributed by atoms with Crippen molar-refractivity contribution in [2.45, 2.75) is 31.3 Å². The zero-order valence-corrected chi connectivity index (χ0v) is 12.9. The van der Waals surface area contributed by atoms with Gasteiger partial charge in [-0.3, -0.25) is 9.59 Å². The molecule has 1 saturated heterocycles. The van der Waals surface area contributed by atoms with Crippen LogP contribution in [0.5, 0.6) is 0 Å². The highest BCUT2D eigenvalue weighted by atomic mass is 35.5. The van der Waals surface area contributed by atoms with Crippen LogP contribution in [0.4, 0.5) is 5.69 Å². The fraction of sp³-hybridized carbons (Fsp3) is 0.500. The largest absolute Gasteiger partial charge is 0.362 e. The molecule has 1 aliphatic carbocycles. The molecule has 6 heteroatoms. The Morgan fingerprint density at radius 1 is 1.23 bits per heavy atom. The maximum Gasteiger partial charge on any atom is 0.255 e. The molecule has 0 bridgehead atoms. The third kappa shape index (κ3) is 2.33. The number of nitrogens with one attached hydrogen (secondary N) is 2. The summed E-state index contributed by atoms with van der Waals surface area (Å²) in [4.78, 5) is 26.4. The first-order valence-electron chi connectivity index (χ1n) is 7.75. The summed E-state index contributed by atoms with van der Waals surface area (Å²) in [5.74, 6) is 0.438. The number of anilines is 1. The maximum atomic E-state index is 12.4. The Morgan fingerprint density at radius 2 is 1.95 bits per heavy atom. The Morgan fingerprint density at radius 3 is 2.64 bits per heavy atom. The second-order valence-corrected chi connectivity index (χ2v) is 6.89. The molecule has 116 valence electrons. The number of benzene rings is 1. The normalized spacial score (nSPS) is 22.8. The van der Waals surface area contributed by atoms with Crippen LogP contribution in [0.3, 0.4) is 0 Å². The third-order valence-corrected chi connectivity index (χ3v) is 5.04. The van der Waals surface area contributed by atoms with Crippen LogP contribution in [0.1, 0.15) is 36.0 Å². The Hall–Kier alpha value is -1.75. The minimum absolute atomic E-state index is 0.0989. The Bertz CT molecular complexity index is 649. The van der Waals surface area contributed by atoms with Crippen LogP contribution in [-0.4, -0.2) is 35.5 Å². The molecule has 4 rings (SSSR count). The van der Waals surface area contributed by atoms with E-state index in [-0.39, 0.29) is 17.7 Å². The number of hydrogen-bond acceptors (Lipinski definition) is 3. The highest BCUT2D eigenvalue weighted by Gasteiger charge is 2.43. The Balaban J connectivity index is 1.51. The van der Waals surface area contributed by atoms with E-state index in [1.807, 2.05) is 11.0 Å². The lowest BCUT2D eigenvalue weighted by Gasteiger charge is -2.46. The summed E-state index contributed by atoms with van der Waals surface area (Å²) in [6.45, 7) is 1.37. The molecule has 0 aromatic heterocycles. The zero-order chi connectivity index (χ0) is 15.3. The average molecular weight is 320 g/mol. The number of carbonyl (C=O) groups excluding carboxylic acids is 2. The number of carbonyl (C=O) groups is 2. The van der Waals surface area contributed by atoms with Gasteiger partial charge in [0.2, 0.25) is 5.91 Å². The van der Waals surface area contributed by atoms with Crippen molar-refractivity contribution in [1.82, 2.24) is 10.2 Å². The van der Waals surface area contributed by atoms with Crippen LogP contribution in [-0.2, 0) is 4.79 Å². The van der Waals surface area contributed by atoms with Crippen LogP contribution in [0.2, 0.25) is 5.02 Å². The SMILES string of the molecule is O=C1NC2(CCN(C(=O)C3CC3)CC2)Nc2ccc(Cl)cc21. The molecular formula is C16H18ClN3O2. The van der Waals surface area contributed by atoms with Crippen LogP contribution in [0.15, 0.2) is 18.2 Å². The lowest BCUT2D eigenvalue weighted by atomic mass is 9.92. The van der Waals surface area contributed by atoms with E-state index >= 15 is 0 Å². The fourth-order valence-corrected chi connectivity index (χ4v) is 3.51. The minimum atomic E-state index is -0.446. The van der Waals surface area contributed by atoms with Gasteiger partial charge < -0.3 is 15.5 Å². The summed E-state index contributed by atoms with van der Waals surface area (Å²) < 4.78 is 0. The fourth-order valence-electron chi connectivity index (χ4n) is 3.33. The number of amides is 2. The van der Waals surface area contributed by atoms with Gasteiger partial charge in [0.15, 0.2) is 0 Å². The predicted octanol–water partition coefficient (Wildman–Crippen LogP) is 2.22. The van der Waals surface area contributed by atoms with E-state index in [0.717, 1.165) is 31.4 Å². The number of fused-ring (bicyclic) bond motifs is 1. The molecule has 2 fully saturated rings. The summed E-state index contributed by atoms with van der Waals surface area (Å²) >= 11 is 5.96. The second kappa shape index (κ2) is 4.88. The topological polar surface area (TPSA) is 61.4 Å². The molecule has 1 aromatic carbocycles. The van der Waals surface area contributed by atoms with Crippen molar-refractivity contribution >= 4 is 29.1 Å². The Kier molecular flexibility index (Phi) is 3.08. The first-order valence-corrected chi connectivity index (χ1v) is 8.13. The van der Waals surface area contributed by atoms with Gasteiger partial charge in [-0.25, -0.2) is 0 Å². The van der Waals surface area contributed by atoms with Crippen molar-refractivity contribution in [3.05, 3.63) is 28.8 Å². The van der Waals surface area contributed by atoms with Gasteiger partial charge in [-0.05, 0) is 31.0 Å². The molecule has 1 saturated carbocycles. The molecule has 3 aliphatic rings. The lowest BCUT2D eigenvalue weighted by Crippen LogP contribution is -2.62. The first kappa shape index (κ1) is 13.9. The van der Waals surface area contributed by atoms with Gasteiger partial charge in [-0.2, -0.15) is 0 Å². The van der Waals surface area contributed by atoms with E-state index in [1.54, 1.807) is 12.1 Å². The molecule has 1 spiro atoms. The molecule has 0 unspecified atom stereocenters. The van der Waals surface area contributed by atoms with Gasteiger partial charge in [0.05, 0.1) is 5.56 Å². The molecule has 0 radical (unpaired) electrons. The van der Waals surface area contributed by atoms with E-state index in [4.69, 9.17) is 11.6 Å². The first-order chi connectivity index (χ1) is 10.6. The molecule has 1 aromatic rings. The van der Waals surface area contributed by atoms with E-state index in [9.17, 15) is 9.59 Å². The van der Waals surface area contributed by atoms with E-state index in [2.05, 4.69) is 10.6 Å². The quantitative estimate of drug-likeness (QED) is 0.834. The average Bonchev–Trinajstić information content (AvgIpc) is 3.33. The minimum Gasteiger partial charge on any atom is -0.362 e. The maximum absolute atomic E-state index is 12.4. The van der Waals surface area contributed by atoms with Crippen molar-refractivity contribution in [2.75, 3.05) is 18.4 Å². The van der Waals surface area contributed by atoms with Crippen LogP contribution in [0, 0.1) is 5.92 Å². The summed E-state index contributed by atoms with van der Waals surface area (Å²) in [5, 5.41) is 7.07. The molecule has 0 atom stereocenters. The van der Waals surface area contributed by atoms with E-state index in [1.165, 1.54) is 0 Å². The number of hydrogen-bond donors (Lipinski definition) is 2. The van der Waals surface area contributed by atoms with Gasteiger partial charge >= 0.3 is 0 Å². The van der Waals surface area contributed by atoms with Crippen LogP contribution < -0.4 is 10.6 Å². The van der Waals surface area contributed by atoms with Crippen LogP contribution >= 0.6 is 11.6 Å². The number of rotatable bonds is 1. The molecule has 2 N–H and O–H groups in total. The molecular weight excluding hydrogens is 302 g/mol.